The van der Waals surface area contributed by atoms with E-state index in [1.54, 1.807) is 36.4 Å². The van der Waals surface area contributed by atoms with Crippen LogP contribution in [-0.4, -0.2) is 22.7 Å². The van der Waals surface area contributed by atoms with Crippen LogP contribution in [0.5, 0.6) is 0 Å². The van der Waals surface area contributed by atoms with Crippen LogP contribution in [0.25, 0.3) is 0 Å². The molecule has 0 aliphatic heterocycles. The number of anilines is 1. The van der Waals surface area contributed by atoms with Crippen LogP contribution < -0.4 is 5.32 Å². The van der Waals surface area contributed by atoms with Crippen molar-refractivity contribution in [1.29, 1.82) is 0 Å². The molecule has 1 amide bonds. The molecular weight excluding hydrogens is 310 g/mol. The monoisotopic (exact) mass is 321 g/mol. The quantitative estimate of drug-likeness (QED) is 0.823. The second-order valence-electron chi connectivity index (χ2n) is 4.18. The highest BCUT2D eigenvalue weighted by atomic mass is 35.5. The third-order valence-corrected chi connectivity index (χ3v) is 3.83. The fourth-order valence-corrected chi connectivity index (χ4v) is 2.49. The van der Waals surface area contributed by atoms with Crippen molar-refractivity contribution in [1.82, 2.24) is 0 Å². The lowest BCUT2D eigenvalue weighted by molar-refractivity contribution is -0.113. The lowest BCUT2D eigenvalue weighted by atomic mass is 10.2. The predicted octanol–water partition coefficient (Wildman–Crippen LogP) is 3.77. The number of carbonyl (C=O) groups excluding carboxylic acids is 1. The first kappa shape index (κ1) is 15.4. The lowest BCUT2D eigenvalue weighted by Crippen LogP contribution is -2.13. The molecule has 0 bridgehead atoms. The summed E-state index contributed by atoms with van der Waals surface area (Å²) < 4.78 is 0. The molecule has 0 atom stereocenters. The van der Waals surface area contributed by atoms with Gasteiger partial charge in [0.2, 0.25) is 5.91 Å². The maximum absolute atomic E-state index is 11.8. The molecule has 21 heavy (non-hydrogen) atoms. The van der Waals surface area contributed by atoms with Crippen molar-refractivity contribution in [3.63, 3.8) is 0 Å². The highest BCUT2D eigenvalue weighted by Gasteiger charge is 2.06. The molecule has 0 aliphatic carbocycles. The maximum atomic E-state index is 11.8. The Bertz CT molecular complexity index is 658. The zero-order valence-electron chi connectivity index (χ0n) is 10.9. The Labute approximate surface area is 131 Å². The molecule has 0 aromatic heterocycles. The first-order valence-corrected chi connectivity index (χ1v) is 7.42. The number of hydrogen-bond acceptors (Lipinski definition) is 3. The van der Waals surface area contributed by atoms with E-state index in [1.807, 2.05) is 0 Å². The summed E-state index contributed by atoms with van der Waals surface area (Å²) in [5, 5.41) is 12.1. The summed E-state index contributed by atoms with van der Waals surface area (Å²) in [6.07, 6.45) is 0. The minimum Gasteiger partial charge on any atom is -0.478 e. The fraction of sp³-hybridized carbons (Fsp3) is 0.0667. The molecule has 0 heterocycles. The summed E-state index contributed by atoms with van der Waals surface area (Å²) in [6.45, 7) is 0. The van der Waals surface area contributed by atoms with Gasteiger partial charge in [0, 0.05) is 15.6 Å². The normalized spacial score (nSPS) is 10.1. The van der Waals surface area contributed by atoms with E-state index in [1.165, 1.54) is 23.9 Å². The van der Waals surface area contributed by atoms with E-state index >= 15 is 0 Å². The van der Waals surface area contributed by atoms with E-state index in [0.29, 0.717) is 10.7 Å². The maximum Gasteiger partial charge on any atom is 0.335 e. The predicted molar refractivity (Wildman–Crippen MR) is 84.2 cm³/mol. The Morgan fingerprint density at radius 1 is 1.14 bits per heavy atom. The van der Waals surface area contributed by atoms with Gasteiger partial charge in [-0.05, 0) is 42.5 Å². The van der Waals surface area contributed by atoms with Crippen molar-refractivity contribution < 1.29 is 14.7 Å². The van der Waals surface area contributed by atoms with E-state index in [-0.39, 0.29) is 17.2 Å². The van der Waals surface area contributed by atoms with Gasteiger partial charge in [-0.3, -0.25) is 4.79 Å². The van der Waals surface area contributed by atoms with Crippen LogP contribution in [0.3, 0.4) is 0 Å². The molecule has 0 aliphatic rings. The number of amides is 1. The molecule has 108 valence electrons. The first-order chi connectivity index (χ1) is 10.0. The molecule has 0 fully saturated rings. The van der Waals surface area contributed by atoms with Crippen LogP contribution in [0.2, 0.25) is 5.02 Å². The van der Waals surface area contributed by atoms with Crippen LogP contribution in [0.1, 0.15) is 10.4 Å². The van der Waals surface area contributed by atoms with E-state index in [4.69, 9.17) is 16.7 Å². The fourth-order valence-electron chi connectivity index (χ4n) is 1.61. The molecule has 0 unspecified atom stereocenters. The summed E-state index contributed by atoms with van der Waals surface area (Å²) in [5.41, 5.74) is 0.872. The van der Waals surface area contributed by atoms with Crippen molar-refractivity contribution in [2.75, 3.05) is 11.1 Å². The second kappa shape index (κ2) is 7.15. The van der Waals surface area contributed by atoms with Gasteiger partial charge in [0.15, 0.2) is 0 Å². The standard InChI is InChI=1S/C15H12ClNO3S/c16-11-2-1-3-12(8-11)17-14(18)9-21-13-6-4-10(5-7-13)15(19)20/h1-8H,9H2,(H,17,18)(H,19,20). The third-order valence-electron chi connectivity index (χ3n) is 2.58. The summed E-state index contributed by atoms with van der Waals surface area (Å²) in [7, 11) is 0. The van der Waals surface area contributed by atoms with Crippen molar-refractivity contribution in [2.45, 2.75) is 4.90 Å². The van der Waals surface area contributed by atoms with Gasteiger partial charge in [0.25, 0.3) is 0 Å². The minimum absolute atomic E-state index is 0.149. The van der Waals surface area contributed by atoms with Crippen molar-refractivity contribution >= 4 is 40.9 Å². The number of aromatic carboxylic acids is 1. The van der Waals surface area contributed by atoms with Crippen molar-refractivity contribution in [2.24, 2.45) is 0 Å². The molecular formula is C15H12ClNO3S. The van der Waals surface area contributed by atoms with E-state index in [9.17, 15) is 9.59 Å². The Balaban J connectivity index is 1.87. The number of carboxylic acids is 1. The number of nitrogens with one attached hydrogen (secondary N) is 1. The van der Waals surface area contributed by atoms with Gasteiger partial charge >= 0.3 is 5.97 Å². The summed E-state index contributed by atoms with van der Waals surface area (Å²) in [4.78, 5) is 23.4. The van der Waals surface area contributed by atoms with Gasteiger partial charge in [-0.25, -0.2) is 4.79 Å². The highest BCUT2D eigenvalue weighted by molar-refractivity contribution is 8.00. The minimum atomic E-state index is -0.967. The number of thioether (sulfide) groups is 1. The molecule has 0 radical (unpaired) electrons. The van der Waals surface area contributed by atoms with E-state index < -0.39 is 5.97 Å². The third kappa shape index (κ3) is 4.81. The van der Waals surface area contributed by atoms with Gasteiger partial charge in [-0.2, -0.15) is 0 Å². The van der Waals surface area contributed by atoms with Gasteiger partial charge in [-0.15, -0.1) is 11.8 Å². The van der Waals surface area contributed by atoms with Gasteiger partial charge < -0.3 is 10.4 Å². The number of halogens is 1. The zero-order chi connectivity index (χ0) is 15.2. The van der Waals surface area contributed by atoms with Crippen LogP contribution in [0.4, 0.5) is 5.69 Å². The summed E-state index contributed by atoms with van der Waals surface area (Å²) in [5.74, 6) is -0.881. The molecule has 6 heteroatoms. The SMILES string of the molecule is O=C(CSc1ccc(C(=O)O)cc1)Nc1cccc(Cl)c1. The molecule has 0 saturated carbocycles. The number of benzene rings is 2. The Kier molecular flexibility index (Phi) is 5.25. The van der Waals surface area contributed by atoms with Crippen LogP contribution >= 0.6 is 23.4 Å². The van der Waals surface area contributed by atoms with E-state index in [0.717, 1.165) is 4.90 Å². The molecule has 0 saturated heterocycles. The Morgan fingerprint density at radius 3 is 2.48 bits per heavy atom. The molecule has 2 aromatic rings. The molecule has 2 rings (SSSR count). The number of rotatable bonds is 5. The lowest BCUT2D eigenvalue weighted by Gasteiger charge is -2.05. The number of carboxylic acid groups (broad SMARTS) is 1. The average Bonchev–Trinajstić information content (AvgIpc) is 2.45. The second-order valence-corrected chi connectivity index (χ2v) is 5.66. The van der Waals surface area contributed by atoms with Gasteiger partial charge in [0.05, 0.1) is 11.3 Å². The van der Waals surface area contributed by atoms with Crippen molar-refractivity contribution in [3.8, 4) is 0 Å². The highest BCUT2D eigenvalue weighted by Crippen LogP contribution is 2.20. The Hall–Kier alpha value is -1.98. The Morgan fingerprint density at radius 2 is 1.86 bits per heavy atom. The molecule has 4 nitrogen and oxygen atoms in total. The molecule has 2 N–H and O–H groups in total. The first-order valence-electron chi connectivity index (χ1n) is 6.06. The summed E-state index contributed by atoms with van der Waals surface area (Å²) >= 11 is 7.17. The molecule has 0 spiro atoms. The smallest absolute Gasteiger partial charge is 0.335 e. The van der Waals surface area contributed by atoms with Crippen molar-refractivity contribution in [3.05, 3.63) is 59.1 Å². The van der Waals surface area contributed by atoms with Gasteiger partial charge in [-0.1, -0.05) is 17.7 Å². The van der Waals surface area contributed by atoms with Gasteiger partial charge in [0.1, 0.15) is 0 Å². The van der Waals surface area contributed by atoms with Crippen LogP contribution in [-0.2, 0) is 4.79 Å². The average molecular weight is 322 g/mol. The van der Waals surface area contributed by atoms with E-state index in [2.05, 4.69) is 5.32 Å². The van der Waals surface area contributed by atoms with Crippen LogP contribution in [0.15, 0.2) is 53.4 Å². The summed E-state index contributed by atoms with van der Waals surface area (Å²) in [6, 6.07) is 13.3. The zero-order valence-corrected chi connectivity index (χ0v) is 12.4. The largest absolute Gasteiger partial charge is 0.478 e. The van der Waals surface area contributed by atoms with Crippen LogP contribution in [0, 0.1) is 0 Å². The topological polar surface area (TPSA) is 66.4 Å². The number of carbonyl (C=O) groups is 2. The molecule has 2 aromatic carbocycles. The number of hydrogen-bond donors (Lipinski definition) is 2.